The minimum atomic E-state index is -1.38. The molecule has 7 heteroatoms. The number of aryl methyl sites for hydroxylation is 1. The van der Waals surface area contributed by atoms with Gasteiger partial charge in [-0.25, -0.2) is 9.37 Å². The van der Waals surface area contributed by atoms with E-state index < -0.39 is 11.7 Å². The number of carbonyl (C=O) groups is 1. The molecule has 0 radical (unpaired) electrons. The lowest BCUT2D eigenvalue weighted by molar-refractivity contribution is 0.0655. The van der Waals surface area contributed by atoms with Crippen molar-refractivity contribution in [3.8, 4) is 11.3 Å². The van der Waals surface area contributed by atoms with Gasteiger partial charge in [-0.2, -0.15) is 5.10 Å². The normalized spacial score (nSPS) is 22.9. The Morgan fingerprint density at radius 3 is 2.93 bits per heavy atom. The third-order valence-corrected chi connectivity index (χ3v) is 5.73. The number of carbonyl (C=O) groups excluding carboxylic acids is 1. The van der Waals surface area contributed by atoms with Crippen LogP contribution in [0.2, 0.25) is 0 Å². The average molecular weight is 369 g/mol. The van der Waals surface area contributed by atoms with Crippen LogP contribution in [0.4, 0.5) is 4.39 Å². The number of hydrogen-bond acceptors (Lipinski definition) is 3. The molecular formula is C20H24FN5O. The van der Waals surface area contributed by atoms with E-state index >= 15 is 0 Å². The monoisotopic (exact) mass is 369 g/mol. The molecule has 6 nitrogen and oxygen atoms in total. The number of nitrogens with zero attached hydrogens (tertiary/aromatic N) is 3. The molecule has 0 bridgehead atoms. The molecule has 1 amide bonds. The molecule has 1 aromatic carbocycles. The molecule has 4 rings (SSSR count). The first-order chi connectivity index (χ1) is 12.9. The van der Waals surface area contributed by atoms with Crippen molar-refractivity contribution in [3.63, 3.8) is 0 Å². The second-order valence-corrected chi connectivity index (χ2v) is 7.63. The van der Waals surface area contributed by atoms with E-state index in [2.05, 4.69) is 20.5 Å². The molecule has 1 aliphatic rings. The summed E-state index contributed by atoms with van der Waals surface area (Å²) in [5.74, 6) is 0.574. The Morgan fingerprint density at radius 2 is 2.22 bits per heavy atom. The second-order valence-electron chi connectivity index (χ2n) is 7.63. The Hall–Kier alpha value is -2.70. The highest BCUT2D eigenvalue weighted by atomic mass is 19.1. The van der Waals surface area contributed by atoms with Crippen molar-refractivity contribution >= 4 is 16.8 Å². The van der Waals surface area contributed by atoms with Crippen LogP contribution in [0, 0.1) is 6.92 Å². The Labute approximate surface area is 157 Å². The number of imidazole rings is 1. The van der Waals surface area contributed by atoms with E-state index in [1.54, 1.807) is 6.92 Å². The maximum Gasteiger partial charge on any atom is 0.272 e. The van der Waals surface area contributed by atoms with Gasteiger partial charge in [0.1, 0.15) is 11.5 Å². The topological polar surface area (TPSA) is 75.6 Å². The van der Waals surface area contributed by atoms with Crippen LogP contribution in [0.5, 0.6) is 0 Å². The van der Waals surface area contributed by atoms with Crippen LogP contribution in [-0.2, 0) is 7.05 Å². The molecule has 27 heavy (non-hydrogen) atoms. The molecule has 1 saturated carbocycles. The fraction of sp³-hybridized carbons (Fsp3) is 0.450. The van der Waals surface area contributed by atoms with Gasteiger partial charge in [0.15, 0.2) is 5.69 Å². The molecule has 0 aliphatic heterocycles. The predicted molar refractivity (Wildman–Crippen MR) is 102 cm³/mol. The number of aromatic nitrogens is 4. The molecule has 2 aromatic heterocycles. The fourth-order valence-corrected chi connectivity index (χ4v) is 3.86. The van der Waals surface area contributed by atoms with Crippen LogP contribution < -0.4 is 5.32 Å². The Bertz CT molecular complexity index is 1000. The van der Waals surface area contributed by atoms with E-state index in [0.717, 1.165) is 40.8 Å². The third kappa shape index (κ3) is 3.11. The van der Waals surface area contributed by atoms with Crippen LogP contribution in [0.15, 0.2) is 24.4 Å². The van der Waals surface area contributed by atoms with Gasteiger partial charge < -0.3 is 9.88 Å². The maximum absolute atomic E-state index is 14.7. The quantitative estimate of drug-likeness (QED) is 0.740. The van der Waals surface area contributed by atoms with Gasteiger partial charge in [0, 0.05) is 18.0 Å². The van der Waals surface area contributed by atoms with E-state index in [9.17, 15) is 9.18 Å². The summed E-state index contributed by atoms with van der Waals surface area (Å²) in [7, 11) is 1.95. The van der Waals surface area contributed by atoms with E-state index in [1.807, 2.05) is 42.9 Å². The zero-order chi connectivity index (χ0) is 19.2. The summed E-state index contributed by atoms with van der Waals surface area (Å²) < 4.78 is 16.7. The standard InChI is InChI=1S/C20H24FN5O/c1-12-22-11-16(26(12)3)13-7-8-15-14(10-13)18(25-24-15)19(27)23-17-6-4-5-9-20(17,2)21/h7-8,10-11,17H,4-6,9H2,1-3H3,(H,23,27)(H,24,25)/t17-,20?/m0/s1. The molecule has 142 valence electrons. The van der Waals surface area contributed by atoms with E-state index in [-0.39, 0.29) is 5.91 Å². The first kappa shape index (κ1) is 17.7. The SMILES string of the molecule is Cc1ncc(-c2ccc3[nH]nc(C(=O)N[C@H]4CCCCC4(C)F)c3c2)n1C. The largest absolute Gasteiger partial charge is 0.345 e. The van der Waals surface area contributed by atoms with Gasteiger partial charge in [0.2, 0.25) is 0 Å². The fourth-order valence-electron chi connectivity index (χ4n) is 3.86. The minimum Gasteiger partial charge on any atom is -0.345 e. The summed E-state index contributed by atoms with van der Waals surface area (Å²) in [6.07, 6.45) is 4.73. The first-order valence-corrected chi connectivity index (χ1v) is 9.33. The lowest BCUT2D eigenvalue weighted by Gasteiger charge is -2.35. The van der Waals surface area contributed by atoms with Crippen molar-refractivity contribution in [1.29, 1.82) is 0 Å². The molecule has 0 spiro atoms. The lowest BCUT2D eigenvalue weighted by atomic mass is 9.83. The molecule has 2 atom stereocenters. The van der Waals surface area contributed by atoms with Gasteiger partial charge in [0.25, 0.3) is 5.91 Å². The van der Waals surface area contributed by atoms with Crippen LogP contribution in [0.3, 0.4) is 0 Å². The van der Waals surface area contributed by atoms with Crippen LogP contribution >= 0.6 is 0 Å². The van der Waals surface area contributed by atoms with Crippen molar-refractivity contribution < 1.29 is 9.18 Å². The highest BCUT2D eigenvalue weighted by Gasteiger charge is 2.38. The Morgan fingerprint density at radius 1 is 1.41 bits per heavy atom. The van der Waals surface area contributed by atoms with Crippen molar-refractivity contribution in [3.05, 3.63) is 35.9 Å². The van der Waals surface area contributed by atoms with Crippen LogP contribution in [0.25, 0.3) is 22.2 Å². The molecule has 1 unspecified atom stereocenters. The maximum atomic E-state index is 14.7. The predicted octanol–water partition coefficient (Wildman–Crippen LogP) is 3.67. The second kappa shape index (κ2) is 6.48. The smallest absolute Gasteiger partial charge is 0.272 e. The lowest BCUT2D eigenvalue weighted by Crippen LogP contribution is -2.50. The number of alkyl halides is 1. The van der Waals surface area contributed by atoms with Gasteiger partial charge >= 0.3 is 0 Å². The zero-order valence-electron chi connectivity index (χ0n) is 15.8. The van der Waals surface area contributed by atoms with Crippen molar-refractivity contribution in [2.75, 3.05) is 0 Å². The van der Waals surface area contributed by atoms with Crippen LogP contribution in [0.1, 0.15) is 48.9 Å². The Balaban J connectivity index is 1.67. The summed E-state index contributed by atoms with van der Waals surface area (Å²) in [5.41, 5.74) is 1.61. The van der Waals surface area contributed by atoms with Gasteiger partial charge in [-0.15, -0.1) is 0 Å². The molecule has 1 fully saturated rings. The van der Waals surface area contributed by atoms with E-state index in [1.165, 1.54) is 0 Å². The van der Waals surface area contributed by atoms with Crippen molar-refractivity contribution in [2.45, 2.75) is 51.2 Å². The van der Waals surface area contributed by atoms with Gasteiger partial charge in [0.05, 0.1) is 23.4 Å². The Kier molecular flexibility index (Phi) is 4.25. The number of amides is 1. The van der Waals surface area contributed by atoms with Crippen molar-refractivity contribution in [1.82, 2.24) is 25.1 Å². The molecule has 0 saturated heterocycles. The van der Waals surface area contributed by atoms with Crippen molar-refractivity contribution in [2.24, 2.45) is 7.05 Å². The number of aromatic amines is 1. The summed E-state index contributed by atoms with van der Waals surface area (Å²) in [5, 5.41) is 10.7. The number of nitrogens with one attached hydrogen (secondary N) is 2. The average Bonchev–Trinajstić information content (AvgIpc) is 3.20. The molecule has 2 N–H and O–H groups in total. The van der Waals surface area contributed by atoms with E-state index in [0.29, 0.717) is 18.5 Å². The third-order valence-electron chi connectivity index (χ3n) is 5.73. The summed E-state index contributed by atoms with van der Waals surface area (Å²) in [4.78, 5) is 17.1. The molecule has 3 aromatic rings. The number of halogens is 1. The number of benzene rings is 1. The summed E-state index contributed by atoms with van der Waals surface area (Å²) >= 11 is 0. The molecule has 1 aliphatic carbocycles. The van der Waals surface area contributed by atoms with E-state index in [4.69, 9.17) is 0 Å². The number of fused-ring (bicyclic) bond motifs is 1. The highest BCUT2D eigenvalue weighted by molar-refractivity contribution is 6.05. The zero-order valence-corrected chi connectivity index (χ0v) is 15.8. The molecule has 2 heterocycles. The van der Waals surface area contributed by atoms with Crippen LogP contribution in [-0.4, -0.2) is 37.4 Å². The van der Waals surface area contributed by atoms with Gasteiger partial charge in [-0.05, 0) is 38.8 Å². The summed E-state index contributed by atoms with van der Waals surface area (Å²) in [6, 6.07) is 5.32. The molecular weight excluding hydrogens is 345 g/mol. The number of rotatable bonds is 3. The van der Waals surface area contributed by atoms with Gasteiger partial charge in [-0.3, -0.25) is 9.89 Å². The highest BCUT2D eigenvalue weighted by Crippen LogP contribution is 2.32. The number of H-pyrrole nitrogens is 1. The minimum absolute atomic E-state index is 0.298. The van der Waals surface area contributed by atoms with Gasteiger partial charge in [-0.1, -0.05) is 18.9 Å². The summed E-state index contributed by atoms with van der Waals surface area (Å²) in [6.45, 7) is 3.51. The number of hydrogen-bond donors (Lipinski definition) is 2. The first-order valence-electron chi connectivity index (χ1n) is 9.33.